The van der Waals surface area contributed by atoms with E-state index in [9.17, 15) is 9.90 Å². The van der Waals surface area contributed by atoms with Crippen molar-refractivity contribution < 1.29 is 9.63 Å². The average molecular weight is 403 g/mol. The first kappa shape index (κ1) is 18.6. The average Bonchev–Trinajstić information content (AvgIpc) is 3.16. The first-order valence-electron chi connectivity index (χ1n) is 9.86. The van der Waals surface area contributed by atoms with Crippen molar-refractivity contribution in [1.82, 2.24) is 24.7 Å². The van der Waals surface area contributed by atoms with Gasteiger partial charge in [0.15, 0.2) is 11.5 Å². The van der Waals surface area contributed by atoms with Gasteiger partial charge >= 0.3 is 0 Å². The summed E-state index contributed by atoms with van der Waals surface area (Å²) in [6, 6.07) is 9.70. The van der Waals surface area contributed by atoms with Crippen molar-refractivity contribution >= 4 is 11.0 Å². The second-order valence-corrected chi connectivity index (χ2v) is 8.06. The molecule has 0 bridgehead atoms. The van der Waals surface area contributed by atoms with Crippen LogP contribution in [-0.4, -0.2) is 29.8 Å². The van der Waals surface area contributed by atoms with Gasteiger partial charge in [-0.2, -0.15) is 4.98 Å². The number of hydrogen-bond acceptors (Lipinski definition) is 7. The number of hydrogen-bond donors (Lipinski definition) is 1. The fourth-order valence-electron chi connectivity index (χ4n) is 4.09. The second-order valence-electron chi connectivity index (χ2n) is 8.06. The zero-order valence-electron chi connectivity index (χ0n) is 16.7. The molecule has 1 fully saturated rings. The van der Waals surface area contributed by atoms with E-state index < -0.39 is 5.60 Å². The Balaban J connectivity index is 1.34. The zero-order valence-corrected chi connectivity index (χ0v) is 16.7. The standard InChI is InChI=1S/C22H21N5O3/c1-13-4-3-5-16(8-13)22(29)9-15(10-22)19-25-17(30-26-19)11-27-12-24-20-18(21(27)28)14(2)6-7-23-20/h3-8,12,15,29H,9-11H2,1-2H3. The maximum absolute atomic E-state index is 12.8. The zero-order chi connectivity index (χ0) is 20.9. The Bertz CT molecular complexity index is 1300. The molecule has 1 N–H and O–H groups in total. The van der Waals surface area contributed by atoms with Crippen LogP contribution in [0.4, 0.5) is 0 Å². The van der Waals surface area contributed by atoms with Gasteiger partial charge in [-0.05, 0) is 43.9 Å². The highest BCUT2D eigenvalue weighted by Crippen LogP contribution is 2.50. The van der Waals surface area contributed by atoms with Crippen LogP contribution in [0.1, 0.15) is 47.2 Å². The van der Waals surface area contributed by atoms with Crippen molar-refractivity contribution in [2.24, 2.45) is 0 Å². The summed E-state index contributed by atoms with van der Waals surface area (Å²) < 4.78 is 6.81. The molecule has 8 nitrogen and oxygen atoms in total. The molecule has 0 saturated heterocycles. The molecule has 1 saturated carbocycles. The Labute approximate surface area is 172 Å². The maximum atomic E-state index is 12.8. The Morgan fingerprint density at radius 1 is 1.23 bits per heavy atom. The summed E-state index contributed by atoms with van der Waals surface area (Å²) in [5.74, 6) is 0.911. The molecular formula is C22H21N5O3. The molecule has 0 spiro atoms. The number of aliphatic hydroxyl groups is 1. The maximum Gasteiger partial charge on any atom is 0.263 e. The molecule has 0 radical (unpaired) electrons. The molecule has 0 atom stereocenters. The summed E-state index contributed by atoms with van der Waals surface area (Å²) >= 11 is 0. The molecule has 8 heteroatoms. The number of pyridine rings is 1. The van der Waals surface area contributed by atoms with Crippen LogP contribution in [-0.2, 0) is 12.1 Å². The van der Waals surface area contributed by atoms with Crippen molar-refractivity contribution in [3.8, 4) is 0 Å². The third kappa shape index (κ3) is 3.09. The van der Waals surface area contributed by atoms with Crippen molar-refractivity contribution in [1.29, 1.82) is 0 Å². The SMILES string of the molecule is Cc1cccc(C2(O)CC(c3noc(Cn4cnc5nccc(C)c5c4=O)n3)C2)c1. The predicted octanol–water partition coefficient (Wildman–Crippen LogP) is 2.60. The highest BCUT2D eigenvalue weighted by atomic mass is 16.5. The summed E-state index contributed by atoms with van der Waals surface area (Å²) in [5, 5.41) is 15.5. The van der Waals surface area contributed by atoms with Gasteiger partial charge in [0.1, 0.15) is 12.9 Å². The third-order valence-corrected chi connectivity index (χ3v) is 5.81. The first-order chi connectivity index (χ1) is 14.4. The highest BCUT2D eigenvalue weighted by molar-refractivity contribution is 5.76. The Kier molecular flexibility index (Phi) is 4.25. The molecule has 3 aromatic heterocycles. The summed E-state index contributed by atoms with van der Waals surface area (Å²) in [6.45, 7) is 4.00. The van der Waals surface area contributed by atoms with E-state index in [2.05, 4.69) is 20.1 Å². The van der Waals surface area contributed by atoms with Gasteiger partial charge in [0, 0.05) is 12.1 Å². The minimum atomic E-state index is -0.860. The van der Waals surface area contributed by atoms with E-state index in [4.69, 9.17) is 4.52 Å². The van der Waals surface area contributed by atoms with E-state index in [1.807, 2.05) is 38.1 Å². The lowest BCUT2D eigenvalue weighted by atomic mass is 9.67. The topological polar surface area (TPSA) is 107 Å². The van der Waals surface area contributed by atoms with E-state index in [0.717, 1.165) is 16.7 Å². The number of aryl methyl sites for hydroxylation is 2. The molecule has 3 heterocycles. The van der Waals surface area contributed by atoms with Crippen LogP contribution >= 0.6 is 0 Å². The normalized spacial score (nSPS) is 21.0. The van der Waals surface area contributed by atoms with Crippen molar-refractivity contribution in [3.05, 3.63) is 81.6 Å². The Hall–Kier alpha value is -3.39. The van der Waals surface area contributed by atoms with E-state index in [1.54, 1.807) is 12.3 Å². The smallest absolute Gasteiger partial charge is 0.263 e. The first-order valence-corrected chi connectivity index (χ1v) is 9.86. The van der Waals surface area contributed by atoms with Crippen molar-refractivity contribution in [2.45, 2.75) is 44.8 Å². The van der Waals surface area contributed by atoms with Gasteiger partial charge in [-0.1, -0.05) is 35.0 Å². The van der Waals surface area contributed by atoms with Crippen LogP contribution in [0.5, 0.6) is 0 Å². The van der Waals surface area contributed by atoms with Gasteiger partial charge in [-0.3, -0.25) is 9.36 Å². The molecule has 30 heavy (non-hydrogen) atoms. The number of fused-ring (bicyclic) bond motifs is 1. The minimum absolute atomic E-state index is 0.0194. The van der Waals surface area contributed by atoms with Crippen LogP contribution < -0.4 is 5.56 Å². The lowest BCUT2D eigenvalue weighted by Gasteiger charge is -2.42. The second kappa shape index (κ2) is 6.84. The lowest BCUT2D eigenvalue weighted by molar-refractivity contribution is -0.0573. The molecule has 0 aliphatic heterocycles. The van der Waals surface area contributed by atoms with Crippen molar-refractivity contribution in [2.75, 3.05) is 0 Å². The molecule has 0 unspecified atom stereocenters. The minimum Gasteiger partial charge on any atom is -0.385 e. The molecule has 1 aliphatic rings. The fraction of sp³-hybridized carbons (Fsp3) is 0.318. The molecule has 1 aliphatic carbocycles. The Morgan fingerprint density at radius 3 is 2.87 bits per heavy atom. The fourth-order valence-corrected chi connectivity index (χ4v) is 4.09. The summed E-state index contributed by atoms with van der Waals surface area (Å²) in [6.07, 6.45) is 4.16. The lowest BCUT2D eigenvalue weighted by Crippen LogP contribution is -2.40. The number of rotatable bonds is 4. The molecule has 1 aromatic carbocycles. The van der Waals surface area contributed by atoms with Gasteiger partial charge < -0.3 is 9.63 Å². The molecule has 152 valence electrons. The van der Waals surface area contributed by atoms with Crippen LogP contribution in [0.15, 0.2) is 52.2 Å². The van der Waals surface area contributed by atoms with Gasteiger partial charge in [0.05, 0.1) is 11.0 Å². The van der Waals surface area contributed by atoms with Crippen molar-refractivity contribution in [3.63, 3.8) is 0 Å². The van der Waals surface area contributed by atoms with E-state index in [1.165, 1.54) is 10.9 Å². The van der Waals surface area contributed by atoms with Crippen LogP contribution in [0.25, 0.3) is 11.0 Å². The number of aromatic nitrogens is 5. The number of benzene rings is 1. The quantitative estimate of drug-likeness (QED) is 0.558. The van der Waals surface area contributed by atoms with E-state index in [-0.39, 0.29) is 18.0 Å². The van der Waals surface area contributed by atoms with Crippen LogP contribution in [0, 0.1) is 13.8 Å². The van der Waals surface area contributed by atoms with Gasteiger partial charge in [0.2, 0.25) is 5.89 Å². The van der Waals surface area contributed by atoms with Gasteiger partial charge in [-0.25, -0.2) is 9.97 Å². The molecule has 0 amide bonds. The van der Waals surface area contributed by atoms with E-state index in [0.29, 0.717) is 35.6 Å². The summed E-state index contributed by atoms with van der Waals surface area (Å²) in [5.41, 5.74) is 2.23. The molecule has 4 aromatic rings. The summed E-state index contributed by atoms with van der Waals surface area (Å²) in [7, 11) is 0. The Morgan fingerprint density at radius 2 is 2.07 bits per heavy atom. The van der Waals surface area contributed by atoms with E-state index >= 15 is 0 Å². The van der Waals surface area contributed by atoms with Gasteiger partial charge in [-0.15, -0.1) is 0 Å². The van der Waals surface area contributed by atoms with Crippen LogP contribution in [0.3, 0.4) is 0 Å². The van der Waals surface area contributed by atoms with Crippen LogP contribution in [0.2, 0.25) is 0 Å². The summed E-state index contributed by atoms with van der Waals surface area (Å²) in [4.78, 5) is 25.6. The monoisotopic (exact) mass is 403 g/mol. The number of nitrogens with zero attached hydrogens (tertiary/aromatic N) is 5. The largest absolute Gasteiger partial charge is 0.385 e. The molecule has 5 rings (SSSR count). The predicted molar refractivity (Wildman–Crippen MR) is 109 cm³/mol. The third-order valence-electron chi connectivity index (χ3n) is 5.81. The van der Waals surface area contributed by atoms with Gasteiger partial charge in [0.25, 0.3) is 5.56 Å². The highest BCUT2D eigenvalue weighted by Gasteiger charge is 2.46. The molecular weight excluding hydrogens is 382 g/mol.